The van der Waals surface area contributed by atoms with E-state index in [-0.39, 0.29) is 35.8 Å². The number of nitrogens with one attached hydrogen (secondary N) is 1. The number of nitrogens with zero attached hydrogens (tertiary/aromatic N) is 3. The molecule has 0 aliphatic rings. The monoisotopic (exact) mass is 454 g/mol. The van der Waals surface area contributed by atoms with Gasteiger partial charge in [0, 0.05) is 29.9 Å². The summed E-state index contributed by atoms with van der Waals surface area (Å²) in [7, 11) is 1.39. The third-order valence-corrected chi connectivity index (χ3v) is 5.21. The maximum Gasteiger partial charge on any atom is 0.340 e. The summed E-state index contributed by atoms with van der Waals surface area (Å²) >= 11 is 1.34. The number of hydrogen-bond acceptors (Lipinski definition) is 8. The number of hydrogen-bond donors (Lipinski definition) is 1. The number of pyridine rings is 1. The number of carbonyl (C=O) groups excluding carboxylic acids is 2. The molecule has 0 fully saturated rings. The van der Waals surface area contributed by atoms with Crippen molar-refractivity contribution in [1.29, 1.82) is 0 Å². The average Bonchev–Trinajstić information content (AvgIpc) is 2.80. The number of carbonyl (C=O) groups is 2. The highest BCUT2D eigenvalue weighted by atomic mass is 32.2. The second-order valence-electron chi connectivity index (χ2n) is 6.46. The zero-order valence-corrected chi connectivity index (χ0v) is 18.4. The minimum Gasteiger partial charge on any atom is -0.491 e. The van der Waals surface area contributed by atoms with Crippen LogP contribution in [0.4, 0.5) is 5.69 Å². The Bertz CT molecular complexity index is 1150. The molecule has 3 rings (SSSR count). The molecule has 2 aromatic heterocycles. The number of esters is 1. The van der Waals surface area contributed by atoms with Gasteiger partial charge in [-0.3, -0.25) is 9.59 Å². The number of anilines is 1. The fraction of sp³-hybridized carbons (Fsp3) is 0.227. The fourth-order valence-corrected chi connectivity index (χ4v) is 3.64. The summed E-state index contributed by atoms with van der Waals surface area (Å²) in [6.07, 6.45) is 4.75. The van der Waals surface area contributed by atoms with Gasteiger partial charge in [-0.25, -0.2) is 14.8 Å². The van der Waals surface area contributed by atoms with Crippen molar-refractivity contribution >= 4 is 29.3 Å². The lowest BCUT2D eigenvalue weighted by molar-refractivity contribution is -0.116. The van der Waals surface area contributed by atoms with E-state index in [2.05, 4.69) is 15.3 Å². The molecule has 9 nitrogen and oxygen atoms in total. The Morgan fingerprint density at radius 1 is 1.16 bits per heavy atom. The van der Waals surface area contributed by atoms with Crippen LogP contribution in [-0.4, -0.2) is 40.1 Å². The van der Waals surface area contributed by atoms with Crippen molar-refractivity contribution < 1.29 is 19.1 Å². The van der Waals surface area contributed by atoms with Crippen molar-refractivity contribution in [2.24, 2.45) is 0 Å². The van der Waals surface area contributed by atoms with E-state index in [9.17, 15) is 14.4 Å². The Hall–Kier alpha value is -3.66. The summed E-state index contributed by atoms with van der Waals surface area (Å²) in [6, 6.07) is 9.75. The molecule has 166 valence electrons. The maximum atomic E-state index is 12.8. The molecule has 0 saturated heterocycles. The highest BCUT2D eigenvalue weighted by Crippen LogP contribution is 2.20. The first-order valence-corrected chi connectivity index (χ1v) is 10.7. The van der Waals surface area contributed by atoms with Gasteiger partial charge in [0.1, 0.15) is 6.54 Å². The van der Waals surface area contributed by atoms with Crippen LogP contribution in [0.3, 0.4) is 0 Å². The summed E-state index contributed by atoms with van der Waals surface area (Å²) in [5, 5.41) is 3.29. The van der Waals surface area contributed by atoms with Gasteiger partial charge in [-0.05, 0) is 25.1 Å². The van der Waals surface area contributed by atoms with Crippen LogP contribution >= 0.6 is 11.8 Å². The standard InChI is InChI=1S/C22H22N4O5S/c1-3-31-21(29)16-7-4-5-8-17(16)25-20(28)13-26-12-19(30-2)18(27)11-15(26)14-32-22-23-9-6-10-24-22/h4-12H,3,13-14H2,1-2H3,(H,25,28). The molecule has 0 aliphatic carbocycles. The van der Waals surface area contributed by atoms with Crippen LogP contribution in [0.2, 0.25) is 0 Å². The molecule has 0 aliphatic heterocycles. The minimum atomic E-state index is -0.520. The summed E-state index contributed by atoms with van der Waals surface area (Å²) in [5.74, 6) is -0.409. The Morgan fingerprint density at radius 2 is 1.91 bits per heavy atom. The van der Waals surface area contributed by atoms with E-state index in [0.717, 1.165) is 0 Å². The lowest BCUT2D eigenvalue weighted by atomic mass is 10.2. The van der Waals surface area contributed by atoms with E-state index in [0.29, 0.717) is 22.3 Å². The van der Waals surface area contributed by atoms with E-state index < -0.39 is 5.97 Å². The first-order chi connectivity index (χ1) is 15.5. The van der Waals surface area contributed by atoms with Crippen molar-refractivity contribution in [3.05, 3.63) is 76.5 Å². The minimum absolute atomic E-state index is 0.0979. The second-order valence-corrected chi connectivity index (χ2v) is 7.40. The largest absolute Gasteiger partial charge is 0.491 e. The number of thioether (sulfide) groups is 1. The van der Waals surface area contributed by atoms with Crippen molar-refractivity contribution in [3.63, 3.8) is 0 Å². The molecule has 2 heterocycles. The number of aromatic nitrogens is 3. The molecule has 0 spiro atoms. The van der Waals surface area contributed by atoms with Crippen LogP contribution in [0.15, 0.2) is 64.9 Å². The summed E-state index contributed by atoms with van der Waals surface area (Å²) < 4.78 is 11.8. The van der Waals surface area contributed by atoms with Crippen molar-refractivity contribution in [1.82, 2.24) is 14.5 Å². The quantitative estimate of drug-likeness (QED) is 0.298. The molecule has 1 N–H and O–H groups in total. The van der Waals surface area contributed by atoms with Crippen LogP contribution in [0.5, 0.6) is 5.75 Å². The topological polar surface area (TPSA) is 112 Å². The van der Waals surface area contributed by atoms with E-state index in [1.807, 2.05) is 0 Å². The number of methoxy groups -OCH3 is 1. The molecule has 32 heavy (non-hydrogen) atoms. The van der Waals surface area contributed by atoms with Gasteiger partial charge in [0.15, 0.2) is 10.9 Å². The Morgan fingerprint density at radius 3 is 2.62 bits per heavy atom. The molecular formula is C22H22N4O5S. The van der Waals surface area contributed by atoms with Crippen molar-refractivity contribution in [2.45, 2.75) is 24.4 Å². The van der Waals surface area contributed by atoms with E-state index >= 15 is 0 Å². The maximum absolute atomic E-state index is 12.8. The average molecular weight is 455 g/mol. The predicted octanol–water partition coefficient (Wildman–Crippen LogP) is 2.75. The Labute approximate surface area is 188 Å². The molecule has 0 unspecified atom stereocenters. The summed E-state index contributed by atoms with van der Waals surface area (Å²) in [6.45, 7) is 1.84. The number of rotatable bonds is 9. The van der Waals surface area contributed by atoms with Crippen molar-refractivity contribution in [3.8, 4) is 5.75 Å². The lowest BCUT2D eigenvalue weighted by Crippen LogP contribution is -2.23. The number of amides is 1. The zero-order chi connectivity index (χ0) is 22.9. The van der Waals surface area contributed by atoms with Gasteiger partial charge >= 0.3 is 5.97 Å². The molecule has 3 aromatic rings. The van der Waals surface area contributed by atoms with Gasteiger partial charge in [0.05, 0.1) is 31.2 Å². The molecule has 0 saturated carbocycles. The number of benzene rings is 1. The molecule has 1 amide bonds. The van der Waals surface area contributed by atoms with E-state index in [4.69, 9.17) is 9.47 Å². The van der Waals surface area contributed by atoms with Gasteiger partial charge in [-0.1, -0.05) is 23.9 Å². The van der Waals surface area contributed by atoms with E-state index in [1.54, 1.807) is 54.2 Å². The van der Waals surface area contributed by atoms with Gasteiger partial charge in [0.2, 0.25) is 11.3 Å². The molecule has 0 radical (unpaired) electrons. The third kappa shape index (κ3) is 5.94. The van der Waals surface area contributed by atoms with Crippen LogP contribution in [0.25, 0.3) is 0 Å². The van der Waals surface area contributed by atoms with Gasteiger partial charge in [-0.15, -0.1) is 0 Å². The lowest BCUT2D eigenvalue weighted by Gasteiger charge is -2.15. The molecule has 0 bridgehead atoms. The number of para-hydroxylation sites is 1. The Kier molecular flexibility index (Phi) is 7.98. The third-order valence-electron chi connectivity index (χ3n) is 4.30. The highest BCUT2D eigenvalue weighted by molar-refractivity contribution is 7.98. The first kappa shape index (κ1) is 23.0. The van der Waals surface area contributed by atoms with Crippen LogP contribution in [-0.2, 0) is 21.8 Å². The van der Waals surface area contributed by atoms with Gasteiger partial charge in [-0.2, -0.15) is 0 Å². The number of ether oxygens (including phenoxy) is 2. The fourth-order valence-electron chi connectivity index (χ4n) is 2.84. The van der Waals surface area contributed by atoms with Crippen molar-refractivity contribution in [2.75, 3.05) is 19.0 Å². The van der Waals surface area contributed by atoms with Crippen LogP contribution in [0, 0.1) is 0 Å². The first-order valence-electron chi connectivity index (χ1n) is 9.75. The summed E-state index contributed by atoms with van der Waals surface area (Å²) in [5.41, 5.74) is 0.915. The normalized spacial score (nSPS) is 10.4. The SMILES string of the molecule is CCOC(=O)c1ccccc1NC(=O)Cn1cc(OC)c(=O)cc1CSc1ncccn1. The van der Waals surface area contributed by atoms with E-state index in [1.165, 1.54) is 31.1 Å². The molecular weight excluding hydrogens is 432 g/mol. The smallest absolute Gasteiger partial charge is 0.340 e. The second kappa shape index (κ2) is 11.1. The van der Waals surface area contributed by atoms with Gasteiger partial charge < -0.3 is 19.4 Å². The van der Waals surface area contributed by atoms with Gasteiger partial charge in [0.25, 0.3) is 0 Å². The highest BCUT2D eigenvalue weighted by Gasteiger charge is 2.16. The summed E-state index contributed by atoms with van der Waals surface area (Å²) in [4.78, 5) is 45.5. The molecule has 1 aromatic carbocycles. The van der Waals surface area contributed by atoms with Crippen LogP contribution in [0.1, 0.15) is 23.0 Å². The molecule has 0 atom stereocenters. The Balaban J connectivity index is 1.81. The molecule has 10 heteroatoms. The predicted molar refractivity (Wildman–Crippen MR) is 120 cm³/mol. The van der Waals surface area contributed by atoms with Crippen LogP contribution < -0.4 is 15.5 Å². The zero-order valence-electron chi connectivity index (χ0n) is 17.6.